The smallest absolute Gasteiger partial charge is 0.251 e. The number of halogens is 1. The van der Waals surface area contributed by atoms with Gasteiger partial charge in [-0.15, -0.1) is 12.4 Å². The molecule has 3 rings (SSSR count). The van der Waals surface area contributed by atoms with Gasteiger partial charge >= 0.3 is 0 Å². The van der Waals surface area contributed by atoms with E-state index in [1.54, 1.807) is 12.1 Å². The number of likely N-dealkylation sites (tertiary alicyclic amines) is 1. The summed E-state index contributed by atoms with van der Waals surface area (Å²) in [5.74, 6) is 0.230. The zero-order valence-electron chi connectivity index (χ0n) is 16.8. The van der Waals surface area contributed by atoms with Gasteiger partial charge in [0.25, 0.3) is 5.91 Å². The largest absolute Gasteiger partial charge is 0.345 e. The molecule has 3 N–H and O–H groups in total. The minimum Gasteiger partial charge on any atom is -0.345 e. The number of carbonyl (C=O) groups excluding carboxylic acids is 2. The number of nitrogens with two attached hydrogens (primary N) is 1. The lowest BCUT2D eigenvalue weighted by molar-refractivity contribution is -0.133. The molecular weight excluding hydrogens is 386 g/mol. The molecule has 0 saturated carbocycles. The maximum Gasteiger partial charge on any atom is 0.251 e. The van der Waals surface area contributed by atoms with Crippen LogP contribution in [-0.2, 0) is 4.79 Å². The van der Waals surface area contributed by atoms with Crippen LogP contribution < -0.4 is 11.1 Å². The number of benzene rings is 2. The van der Waals surface area contributed by atoms with Crippen molar-refractivity contribution in [1.29, 1.82) is 0 Å². The zero-order chi connectivity index (χ0) is 19.9. The highest BCUT2D eigenvalue weighted by Gasteiger charge is 2.28. The molecule has 0 bridgehead atoms. The Morgan fingerprint density at radius 3 is 2.34 bits per heavy atom. The summed E-state index contributed by atoms with van der Waals surface area (Å²) < 4.78 is 0. The quantitative estimate of drug-likeness (QED) is 0.757. The molecule has 1 aliphatic heterocycles. The van der Waals surface area contributed by atoms with E-state index in [1.807, 2.05) is 60.4 Å². The topological polar surface area (TPSA) is 75.4 Å². The maximum absolute atomic E-state index is 13.0. The van der Waals surface area contributed by atoms with E-state index in [-0.39, 0.29) is 42.7 Å². The van der Waals surface area contributed by atoms with Crippen LogP contribution in [0.2, 0.25) is 0 Å². The van der Waals surface area contributed by atoms with Crippen molar-refractivity contribution in [3.8, 4) is 0 Å². The molecule has 5 nitrogen and oxygen atoms in total. The van der Waals surface area contributed by atoms with Crippen LogP contribution in [-0.4, -0.2) is 35.8 Å². The fourth-order valence-electron chi connectivity index (χ4n) is 3.74. The monoisotopic (exact) mass is 415 g/mol. The predicted molar refractivity (Wildman–Crippen MR) is 118 cm³/mol. The van der Waals surface area contributed by atoms with Crippen LogP contribution in [0, 0.1) is 5.92 Å². The van der Waals surface area contributed by atoms with Crippen molar-refractivity contribution < 1.29 is 9.59 Å². The summed E-state index contributed by atoms with van der Waals surface area (Å²) in [5.41, 5.74) is 7.58. The van der Waals surface area contributed by atoms with Crippen molar-refractivity contribution in [3.63, 3.8) is 0 Å². The van der Waals surface area contributed by atoms with Crippen LogP contribution in [0.25, 0.3) is 0 Å². The van der Waals surface area contributed by atoms with Gasteiger partial charge in [-0.05, 0) is 43.4 Å². The van der Waals surface area contributed by atoms with Crippen molar-refractivity contribution in [1.82, 2.24) is 10.2 Å². The van der Waals surface area contributed by atoms with Gasteiger partial charge in [-0.2, -0.15) is 0 Å². The highest BCUT2D eigenvalue weighted by atomic mass is 35.5. The van der Waals surface area contributed by atoms with Crippen LogP contribution >= 0.6 is 12.4 Å². The van der Waals surface area contributed by atoms with Gasteiger partial charge in [0.1, 0.15) is 0 Å². The summed E-state index contributed by atoms with van der Waals surface area (Å²) in [6.07, 6.45) is 2.28. The van der Waals surface area contributed by atoms with Crippen LogP contribution in [0.5, 0.6) is 0 Å². The van der Waals surface area contributed by atoms with E-state index in [1.165, 1.54) is 0 Å². The normalized spacial score (nSPS) is 18.3. The molecule has 1 aliphatic rings. The second kappa shape index (κ2) is 11.0. The molecule has 2 amide bonds. The van der Waals surface area contributed by atoms with E-state index in [2.05, 4.69) is 5.32 Å². The molecule has 3 unspecified atom stereocenters. The van der Waals surface area contributed by atoms with Gasteiger partial charge in [-0.25, -0.2) is 0 Å². The Balaban J connectivity index is 0.00000300. The molecule has 29 heavy (non-hydrogen) atoms. The first-order chi connectivity index (χ1) is 13.5. The summed E-state index contributed by atoms with van der Waals surface area (Å²) in [5, 5.41) is 3.04. The van der Waals surface area contributed by atoms with Crippen molar-refractivity contribution in [2.75, 3.05) is 13.1 Å². The van der Waals surface area contributed by atoms with E-state index in [4.69, 9.17) is 5.73 Å². The number of hydrogen-bond donors (Lipinski definition) is 2. The molecule has 1 fully saturated rings. The van der Waals surface area contributed by atoms with Gasteiger partial charge in [0.05, 0.1) is 12.5 Å². The fraction of sp³-hybridized carbons (Fsp3) is 0.391. The molecular formula is C23H30ClN3O2. The first kappa shape index (κ1) is 22.9. The summed E-state index contributed by atoms with van der Waals surface area (Å²) in [4.78, 5) is 27.6. The van der Waals surface area contributed by atoms with Crippen molar-refractivity contribution in [2.45, 2.75) is 38.3 Å². The Morgan fingerprint density at radius 2 is 1.72 bits per heavy atom. The van der Waals surface area contributed by atoms with Crippen LogP contribution in [0.4, 0.5) is 0 Å². The van der Waals surface area contributed by atoms with E-state index in [0.29, 0.717) is 18.0 Å². The van der Waals surface area contributed by atoms with Crippen molar-refractivity contribution in [2.24, 2.45) is 11.7 Å². The second-order valence-electron chi connectivity index (χ2n) is 7.61. The summed E-state index contributed by atoms with van der Waals surface area (Å²) in [6.45, 7) is 3.46. The first-order valence-corrected chi connectivity index (χ1v) is 9.99. The molecule has 0 aromatic heterocycles. The van der Waals surface area contributed by atoms with Gasteiger partial charge in [0.15, 0.2) is 0 Å². The molecule has 1 saturated heterocycles. The number of hydrogen-bond acceptors (Lipinski definition) is 3. The Labute approximate surface area is 179 Å². The Hall–Kier alpha value is -2.37. The SMILES string of the molecule is CC(N)C1CCCN(C(=O)CC(NC(=O)c2ccccc2)c2ccccc2)C1.Cl. The van der Waals surface area contributed by atoms with Crippen molar-refractivity contribution >= 4 is 24.2 Å². The minimum atomic E-state index is -0.364. The summed E-state index contributed by atoms with van der Waals surface area (Å²) >= 11 is 0. The molecule has 2 aromatic rings. The Morgan fingerprint density at radius 1 is 1.10 bits per heavy atom. The molecule has 0 radical (unpaired) electrons. The standard InChI is InChI=1S/C23H29N3O2.ClH/c1-17(24)20-13-8-14-26(16-20)22(27)15-21(18-9-4-2-5-10-18)25-23(28)19-11-6-3-7-12-19;/h2-7,9-12,17,20-21H,8,13-16,24H2,1H3,(H,25,28);1H. The minimum absolute atomic E-state index is 0. The maximum atomic E-state index is 13.0. The number of piperidine rings is 1. The lowest BCUT2D eigenvalue weighted by Crippen LogP contribution is -2.46. The lowest BCUT2D eigenvalue weighted by Gasteiger charge is -2.35. The average molecular weight is 416 g/mol. The van der Waals surface area contributed by atoms with E-state index < -0.39 is 0 Å². The number of carbonyl (C=O) groups is 2. The zero-order valence-corrected chi connectivity index (χ0v) is 17.6. The lowest BCUT2D eigenvalue weighted by atomic mass is 9.91. The molecule has 3 atom stereocenters. The second-order valence-corrected chi connectivity index (χ2v) is 7.61. The number of nitrogens with one attached hydrogen (secondary N) is 1. The van der Waals surface area contributed by atoms with Gasteiger partial charge in [0.2, 0.25) is 5.91 Å². The van der Waals surface area contributed by atoms with E-state index >= 15 is 0 Å². The number of rotatable bonds is 6. The van der Waals surface area contributed by atoms with E-state index in [0.717, 1.165) is 24.9 Å². The predicted octanol–water partition coefficient (Wildman–Crippen LogP) is 3.56. The average Bonchev–Trinajstić information content (AvgIpc) is 2.74. The molecule has 1 heterocycles. The number of nitrogens with zero attached hydrogens (tertiary/aromatic N) is 1. The molecule has 0 aliphatic carbocycles. The van der Waals surface area contributed by atoms with Gasteiger partial charge < -0.3 is 16.0 Å². The molecule has 156 valence electrons. The van der Waals surface area contributed by atoms with Crippen molar-refractivity contribution in [3.05, 3.63) is 71.8 Å². The molecule has 6 heteroatoms. The third-order valence-electron chi connectivity index (χ3n) is 5.48. The third-order valence-corrected chi connectivity index (χ3v) is 5.48. The Bertz CT molecular complexity index is 783. The highest BCUT2D eigenvalue weighted by molar-refractivity contribution is 5.94. The van der Waals surface area contributed by atoms with Crippen LogP contribution in [0.1, 0.15) is 48.1 Å². The van der Waals surface area contributed by atoms with Gasteiger partial charge in [-0.1, -0.05) is 48.5 Å². The van der Waals surface area contributed by atoms with Gasteiger partial charge in [0, 0.05) is 24.7 Å². The Kier molecular flexibility index (Phi) is 8.68. The first-order valence-electron chi connectivity index (χ1n) is 9.99. The molecule has 2 aromatic carbocycles. The summed E-state index contributed by atoms with van der Waals surface area (Å²) in [6, 6.07) is 18.5. The highest BCUT2D eigenvalue weighted by Crippen LogP contribution is 2.23. The summed E-state index contributed by atoms with van der Waals surface area (Å²) in [7, 11) is 0. The van der Waals surface area contributed by atoms with E-state index in [9.17, 15) is 9.59 Å². The fourth-order valence-corrected chi connectivity index (χ4v) is 3.74. The van der Waals surface area contributed by atoms with Crippen LogP contribution in [0.15, 0.2) is 60.7 Å². The molecule has 0 spiro atoms. The van der Waals surface area contributed by atoms with Gasteiger partial charge in [-0.3, -0.25) is 9.59 Å². The third kappa shape index (κ3) is 6.31. The van der Waals surface area contributed by atoms with Crippen LogP contribution in [0.3, 0.4) is 0 Å². The number of amides is 2.